The van der Waals surface area contributed by atoms with Gasteiger partial charge in [-0.25, -0.2) is 0 Å². The van der Waals surface area contributed by atoms with E-state index in [2.05, 4.69) is 5.48 Å². The van der Waals surface area contributed by atoms with Crippen molar-refractivity contribution in [1.82, 2.24) is 5.48 Å². The Labute approximate surface area is 153 Å². The number of methoxy groups -OCH3 is 2. The van der Waals surface area contributed by atoms with Crippen molar-refractivity contribution in [1.29, 1.82) is 0 Å². The Hall–Kier alpha value is -2.03. The van der Waals surface area contributed by atoms with Crippen LogP contribution in [0.15, 0.2) is 12.1 Å². The van der Waals surface area contributed by atoms with E-state index in [0.717, 1.165) is 24.8 Å². The molecule has 26 heavy (non-hydrogen) atoms. The van der Waals surface area contributed by atoms with Crippen LogP contribution in [0.1, 0.15) is 37.7 Å². The molecule has 1 heterocycles. The first-order valence-electron chi connectivity index (χ1n) is 8.71. The second kappa shape index (κ2) is 10.8. The molecular formula is C18H26NO7-. The van der Waals surface area contributed by atoms with Gasteiger partial charge in [-0.3, -0.25) is 4.84 Å². The maximum Gasteiger partial charge on any atom is 0.177 e. The normalized spacial score (nSPS) is 16.9. The molecule has 1 atom stereocenters. The molecule has 0 aromatic heterocycles. The third kappa shape index (κ3) is 6.36. The first kappa shape index (κ1) is 20.3. The minimum Gasteiger partial charge on any atom is -0.550 e. The Bertz CT molecular complexity index is 548. The summed E-state index contributed by atoms with van der Waals surface area (Å²) in [6, 6.07) is 3.46. The van der Waals surface area contributed by atoms with Crippen molar-refractivity contribution >= 4 is 5.97 Å². The number of carboxylic acids is 1. The molecule has 0 amide bonds. The second-order valence-corrected chi connectivity index (χ2v) is 5.87. The highest BCUT2D eigenvalue weighted by Gasteiger charge is 2.17. The van der Waals surface area contributed by atoms with Gasteiger partial charge in [-0.15, -0.1) is 0 Å². The molecule has 0 radical (unpaired) electrons. The molecule has 8 heteroatoms. The number of benzene rings is 1. The van der Waals surface area contributed by atoms with Crippen molar-refractivity contribution in [2.75, 3.05) is 27.4 Å². The lowest BCUT2D eigenvalue weighted by atomic mass is 10.1. The van der Waals surface area contributed by atoms with Crippen molar-refractivity contribution in [2.24, 2.45) is 0 Å². The fourth-order valence-electron chi connectivity index (χ4n) is 2.63. The van der Waals surface area contributed by atoms with Gasteiger partial charge in [0.2, 0.25) is 0 Å². The van der Waals surface area contributed by atoms with Gasteiger partial charge in [0, 0.05) is 31.1 Å². The topological polar surface area (TPSA) is 98.3 Å². The molecule has 8 nitrogen and oxygen atoms in total. The van der Waals surface area contributed by atoms with E-state index in [1.54, 1.807) is 26.4 Å². The average molecular weight is 368 g/mol. The molecule has 1 saturated heterocycles. The standard InChI is InChI=1S/C18H27NO7/c1-22-15-10-13(24-9-5-6-17(20)21)11-16(23-2)14(15)12-19-26-18-7-3-4-8-25-18/h10-11,18-19H,3-9,12H2,1-2H3,(H,20,21)/p-1. The van der Waals surface area contributed by atoms with E-state index < -0.39 is 5.97 Å². The molecule has 0 aliphatic carbocycles. The molecule has 1 aromatic rings. The Kier molecular flexibility index (Phi) is 8.46. The van der Waals surface area contributed by atoms with Crippen LogP contribution < -0.4 is 24.8 Å². The highest BCUT2D eigenvalue weighted by molar-refractivity contribution is 5.64. The summed E-state index contributed by atoms with van der Waals surface area (Å²) >= 11 is 0. The molecule has 0 bridgehead atoms. The molecule has 1 fully saturated rings. The zero-order valence-corrected chi connectivity index (χ0v) is 15.2. The van der Waals surface area contributed by atoms with Gasteiger partial charge in [-0.05, 0) is 25.7 Å². The van der Waals surface area contributed by atoms with Crippen LogP contribution in [-0.2, 0) is 20.9 Å². The lowest BCUT2D eigenvalue weighted by Crippen LogP contribution is -2.29. The average Bonchev–Trinajstić information content (AvgIpc) is 2.66. The number of aliphatic carboxylic acids is 1. The number of ether oxygens (including phenoxy) is 4. The summed E-state index contributed by atoms with van der Waals surface area (Å²) in [5.74, 6) is 0.615. The van der Waals surface area contributed by atoms with Gasteiger partial charge in [0.1, 0.15) is 17.2 Å². The van der Waals surface area contributed by atoms with Crippen LogP contribution >= 0.6 is 0 Å². The second-order valence-electron chi connectivity index (χ2n) is 5.87. The maximum absolute atomic E-state index is 10.4. The highest BCUT2D eigenvalue weighted by Crippen LogP contribution is 2.34. The minimum atomic E-state index is -1.09. The van der Waals surface area contributed by atoms with Crippen LogP contribution in [-0.4, -0.2) is 39.7 Å². The minimum absolute atomic E-state index is 0.0448. The molecule has 1 N–H and O–H groups in total. The van der Waals surface area contributed by atoms with E-state index in [1.165, 1.54) is 0 Å². The molecular weight excluding hydrogens is 342 g/mol. The first-order valence-corrected chi connectivity index (χ1v) is 8.71. The Morgan fingerprint density at radius 1 is 1.27 bits per heavy atom. The fraction of sp³-hybridized carbons (Fsp3) is 0.611. The number of rotatable bonds is 11. The number of hydrogen-bond donors (Lipinski definition) is 1. The van der Waals surface area contributed by atoms with Gasteiger partial charge in [-0.1, -0.05) is 0 Å². The SMILES string of the molecule is COc1cc(OCCCC(=O)[O-])cc(OC)c1CNOC1CCCCO1. The molecule has 146 valence electrons. The van der Waals surface area contributed by atoms with Crippen LogP contribution in [0.4, 0.5) is 0 Å². The number of carbonyl (C=O) groups is 1. The third-order valence-electron chi connectivity index (χ3n) is 3.98. The number of hydrogen-bond acceptors (Lipinski definition) is 8. The quantitative estimate of drug-likeness (QED) is 0.459. The maximum atomic E-state index is 10.4. The van der Waals surface area contributed by atoms with Gasteiger partial charge in [0.05, 0.1) is 32.9 Å². The summed E-state index contributed by atoms with van der Waals surface area (Å²) in [6.45, 7) is 1.35. The first-order chi connectivity index (χ1) is 12.6. The molecule has 1 aliphatic rings. The predicted octanol–water partition coefficient (Wildman–Crippen LogP) is 1.16. The number of hydroxylamine groups is 1. The summed E-state index contributed by atoms with van der Waals surface area (Å²) in [5.41, 5.74) is 3.69. The molecule has 0 saturated carbocycles. The number of nitrogens with one attached hydrogen (secondary N) is 1. The van der Waals surface area contributed by atoms with Gasteiger partial charge < -0.3 is 28.8 Å². The van der Waals surface area contributed by atoms with Crippen LogP contribution in [0, 0.1) is 0 Å². The van der Waals surface area contributed by atoms with Gasteiger partial charge in [0.15, 0.2) is 6.29 Å². The van der Waals surface area contributed by atoms with Crippen LogP contribution in [0.25, 0.3) is 0 Å². The summed E-state index contributed by atoms with van der Waals surface area (Å²) in [7, 11) is 3.12. The number of carbonyl (C=O) groups excluding carboxylic acids is 1. The molecule has 2 rings (SSSR count). The third-order valence-corrected chi connectivity index (χ3v) is 3.98. The summed E-state index contributed by atoms with van der Waals surface area (Å²) in [5, 5.41) is 10.4. The van der Waals surface area contributed by atoms with E-state index in [4.69, 9.17) is 23.8 Å². The lowest BCUT2D eigenvalue weighted by molar-refractivity contribution is -0.305. The number of carboxylic acid groups (broad SMARTS) is 1. The van der Waals surface area contributed by atoms with Gasteiger partial charge in [0.25, 0.3) is 0 Å². The molecule has 1 unspecified atom stereocenters. The van der Waals surface area contributed by atoms with Crippen molar-refractivity contribution in [3.63, 3.8) is 0 Å². The van der Waals surface area contributed by atoms with E-state index in [9.17, 15) is 9.90 Å². The molecule has 1 aliphatic heterocycles. The zero-order chi connectivity index (χ0) is 18.8. The summed E-state index contributed by atoms with van der Waals surface area (Å²) in [4.78, 5) is 16.0. The van der Waals surface area contributed by atoms with Crippen LogP contribution in [0.5, 0.6) is 17.2 Å². The molecule has 1 aromatic carbocycles. The largest absolute Gasteiger partial charge is 0.550 e. The molecule has 0 spiro atoms. The lowest BCUT2D eigenvalue weighted by Gasteiger charge is -2.23. The van der Waals surface area contributed by atoms with Crippen molar-refractivity contribution in [3.05, 3.63) is 17.7 Å². The fourth-order valence-corrected chi connectivity index (χ4v) is 2.63. The summed E-state index contributed by atoms with van der Waals surface area (Å²) in [6.07, 6.45) is 3.09. The van der Waals surface area contributed by atoms with Crippen molar-refractivity contribution in [3.8, 4) is 17.2 Å². The van der Waals surface area contributed by atoms with Crippen LogP contribution in [0.2, 0.25) is 0 Å². The van der Waals surface area contributed by atoms with E-state index in [1.807, 2.05) is 0 Å². The van der Waals surface area contributed by atoms with Crippen molar-refractivity contribution < 1.29 is 33.7 Å². The summed E-state index contributed by atoms with van der Waals surface area (Å²) < 4.78 is 21.9. The zero-order valence-electron chi connectivity index (χ0n) is 15.2. The van der Waals surface area contributed by atoms with Crippen molar-refractivity contribution in [2.45, 2.75) is 44.9 Å². The predicted molar refractivity (Wildman–Crippen MR) is 90.8 cm³/mol. The highest BCUT2D eigenvalue weighted by atomic mass is 16.8. The van der Waals surface area contributed by atoms with Crippen LogP contribution in [0.3, 0.4) is 0 Å². The smallest absolute Gasteiger partial charge is 0.177 e. The Morgan fingerprint density at radius 3 is 2.58 bits per heavy atom. The van der Waals surface area contributed by atoms with E-state index in [0.29, 0.717) is 36.8 Å². The van der Waals surface area contributed by atoms with Gasteiger partial charge >= 0.3 is 0 Å². The van der Waals surface area contributed by atoms with E-state index in [-0.39, 0.29) is 19.3 Å². The van der Waals surface area contributed by atoms with E-state index >= 15 is 0 Å². The van der Waals surface area contributed by atoms with Gasteiger partial charge in [-0.2, -0.15) is 5.48 Å². The Balaban J connectivity index is 1.94. The Morgan fingerprint density at radius 2 is 2.00 bits per heavy atom. The monoisotopic (exact) mass is 368 g/mol.